The van der Waals surface area contributed by atoms with Crippen LogP contribution in [-0.4, -0.2) is 70.1 Å². The van der Waals surface area contributed by atoms with Crippen LogP contribution in [0.1, 0.15) is 104 Å². The Morgan fingerprint density at radius 3 is 1.91 bits per heavy atom. The predicted molar refractivity (Wildman–Crippen MR) is 130 cm³/mol. The summed E-state index contributed by atoms with van der Waals surface area (Å²) in [5, 5.41) is 39.1. The maximum absolute atomic E-state index is 12.3. The number of esters is 1. The van der Waals surface area contributed by atoms with E-state index in [1.807, 2.05) is 0 Å². The number of ether oxygens (including phenoxy) is 3. The largest absolute Gasteiger partial charge is 0.484 e. The summed E-state index contributed by atoms with van der Waals surface area (Å²) >= 11 is 0. The van der Waals surface area contributed by atoms with Crippen LogP contribution < -0.4 is 0 Å². The Hall–Kier alpha value is -1.35. The third-order valence-electron chi connectivity index (χ3n) is 5.88. The quantitative estimate of drug-likeness (QED) is 0.142. The molecule has 0 saturated carbocycles. The van der Waals surface area contributed by atoms with Crippen molar-refractivity contribution in [1.29, 1.82) is 0 Å². The second kappa shape index (κ2) is 17.1. The van der Waals surface area contributed by atoms with Crippen molar-refractivity contribution in [2.24, 2.45) is 0 Å². The second-order valence-corrected chi connectivity index (χ2v) is 9.97. The van der Waals surface area contributed by atoms with Crippen LogP contribution in [0.5, 0.6) is 0 Å². The first-order valence-electron chi connectivity index (χ1n) is 13.1. The Labute approximate surface area is 205 Å². The molecule has 1 aliphatic rings. The number of aliphatic hydroxyl groups excluding tert-OH is 3. The van der Waals surface area contributed by atoms with E-state index in [9.17, 15) is 25.2 Å². The van der Waals surface area contributed by atoms with Gasteiger partial charge in [0.05, 0.1) is 18.8 Å². The molecule has 0 saturated heterocycles. The first kappa shape index (κ1) is 30.7. The van der Waals surface area contributed by atoms with Gasteiger partial charge in [0, 0.05) is 0 Å². The summed E-state index contributed by atoms with van der Waals surface area (Å²) in [5.41, 5.74) is -1.20. The first-order valence-corrected chi connectivity index (χ1v) is 13.1. The standard InChI is InChI=1S/C26H48O8/c1-4-5-6-7-8-9-10-11-12-13-14-15-16-20(17-27)33-23-22(21(29)18-28)34-25(30)24(23)32-19-26(2,3)31/h20-22,27-29,31H,4-19H2,1-3H3/t20?,21-,22+/m0/s1. The van der Waals surface area contributed by atoms with Crippen molar-refractivity contribution in [3.8, 4) is 0 Å². The Morgan fingerprint density at radius 2 is 1.44 bits per heavy atom. The van der Waals surface area contributed by atoms with Crippen molar-refractivity contribution < 1.29 is 39.4 Å². The number of carbonyl (C=O) groups excluding carboxylic acids is 1. The number of unbranched alkanes of at least 4 members (excludes halogenated alkanes) is 11. The maximum Gasteiger partial charge on any atom is 0.378 e. The molecule has 3 atom stereocenters. The van der Waals surface area contributed by atoms with Gasteiger partial charge in [-0.15, -0.1) is 0 Å². The lowest BCUT2D eigenvalue weighted by Crippen LogP contribution is -2.34. The van der Waals surface area contributed by atoms with Gasteiger partial charge in [-0.25, -0.2) is 4.79 Å². The van der Waals surface area contributed by atoms with E-state index in [-0.39, 0.29) is 24.7 Å². The van der Waals surface area contributed by atoms with Crippen LogP contribution in [-0.2, 0) is 19.0 Å². The Kier molecular flexibility index (Phi) is 15.5. The molecule has 200 valence electrons. The van der Waals surface area contributed by atoms with E-state index in [4.69, 9.17) is 14.2 Å². The average Bonchev–Trinajstić information content (AvgIpc) is 3.11. The second-order valence-electron chi connectivity index (χ2n) is 9.97. The zero-order chi connectivity index (χ0) is 25.4. The lowest BCUT2D eigenvalue weighted by atomic mass is 10.0. The zero-order valence-electron chi connectivity index (χ0n) is 21.5. The van der Waals surface area contributed by atoms with E-state index in [2.05, 4.69) is 6.92 Å². The number of aliphatic hydroxyl groups is 4. The summed E-state index contributed by atoms with van der Waals surface area (Å²) in [6.45, 7) is 4.20. The maximum atomic E-state index is 12.3. The highest BCUT2D eigenvalue weighted by Gasteiger charge is 2.43. The van der Waals surface area contributed by atoms with Crippen molar-refractivity contribution in [1.82, 2.24) is 0 Å². The molecule has 0 spiro atoms. The molecule has 1 unspecified atom stereocenters. The molecule has 1 aliphatic heterocycles. The van der Waals surface area contributed by atoms with E-state index in [0.29, 0.717) is 6.42 Å². The topological polar surface area (TPSA) is 126 Å². The van der Waals surface area contributed by atoms with Crippen molar-refractivity contribution in [3.63, 3.8) is 0 Å². The molecule has 34 heavy (non-hydrogen) atoms. The molecule has 0 bridgehead atoms. The molecule has 1 rings (SSSR count). The Morgan fingerprint density at radius 1 is 0.912 bits per heavy atom. The van der Waals surface area contributed by atoms with Crippen LogP contribution in [0.25, 0.3) is 0 Å². The fourth-order valence-corrected chi connectivity index (χ4v) is 3.88. The molecule has 0 aliphatic carbocycles. The molecule has 8 nitrogen and oxygen atoms in total. The van der Waals surface area contributed by atoms with Crippen LogP contribution >= 0.6 is 0 Å². The molecular weight excluding hydrogens is 440 g/mol. The van der Waals surface area contributed by atoms with Crippen molar-refractivity contribution in [3.05, 3.63) is 11.5 Å². The van der Waals surface area contributed by atoms with Crippen molar-refractivity contribution in [2.45, 2.75) is 128 Å². The number of rotatable bonds is 21. The summed E-state index contributed by atoms with van der Waals surface area (Å²) in [5.74, 6) is -1.12. The number of hydrogen-bond donors (Lipinski definition) is 4. The number of cyclic esters (lactones) is 1. The predicted octanol–water partition coefficient (Wildman–Crippen LogP) is 3.73. The zero-order valence-corrected chi connectivity index (χ0v) is 21.5. The first-order chi connectivity index (χ1) is 16.2. The van der Waals surface area contributed by atoms with E-state index in [1.54, 1.807) is 0 Å². The highest BCUT2D eigenvalue weighted by molar-refractivity contribution is 5.89. The van der Waals surface area contributed by atoms with Gasteiger partial charge in [-0.05, 0) is 26.7 Å². The minimum absolute atomic E-state index is 0.0474. The van der Waals surface area contributed by atoms with Gasteiger partial charge in [-0.2, -0.15) is 0 Å². The van der Waals surface area contributed by atoms with Gasteiger partial charge in [0.2, 0.25) is 5.76 Å². The summed E-state index contributed by atoms with van der Waals surface area (Å²) in [6.07, 6.45) is 12.1. The summed E-state index contributed by atoms with van der Waals surface area (Å²) in [6, 6.07) is 0. The van der Waals surface area contributed by atoms with Gasteiger partial charge in [0.15, 0.2) is 11.9 Å². The fraction of sp³-hybridized carbons (Fsp3) is 0.885. The van der Waals surface area contributed by atoms with Gasteiger partial charge in [0.1, 0.15) is 18.8 Å². The van der Waals surface area contributed by atoms with Gasteiger partial charge in [-0.3, -0.25) is 0 Å². The lowest BCUT2D eigenvalue weighted by molar-refractivity contribution is -0.149. The minimum atomic E-state index is -1.38. The molecular formula is C26H48O8. The molecule has 4 N–H and O–H groups in total. The van der Waals surface area contributed by atoms with Crippen molar-refractivity contribution >= 4 is 5.97 Å². The van der Waals surface area contributed by atoms with Crippen LogP contribution in [0.15, 0.2) is 11.5 Å². The normalized spacial score (nSPS) is 18.2. The van der Waals surface area contributed by atoms with E-state index in [0.717, 1.165) is 19.3 Å². The average molecular weight is 489 g/mol. The third-order valence-corrected chi connectivity index (χ3v) is 5.88. The Bertz CT molecular complexity index is 584. The molecule has 1 heterocycles. The smallest absolute Gasteiger partial charge is 0.378 e. The van der Waals surface area contributed by atoms with Crippen LogP contribution in [0, 0.1) is 0 Å². The highest BCUT2D eigenvalue weighted by Crippen LogP contribution is 2.30. The Balaban J connectivity index is 2.44. The van der Waals surface area contributed by atoms with Gasteiger partial charge >= 0.3 is 5.97 Å². The third kappa shape index (κ3) is 12.4. The molecule has 0 radical (unpaired) electrons. The summed E-state index contributed by atoms with van der Waals surface area (Å²) in [7, 11) is 0. The van der Waals surface area contributed by atoms with Crippen LogP contribution in [0.2, 0.25) is 0 Å². The highest BCUT2D eigenvalue weighted by atomic mass is 16.6. The van der Waals surface area contributed by atoms with E-state index in [1.165, 1.54) is 71.6 Å². The molecule has 0 fully saturated rings. The van der Waals surface area contributed by atoms with E-state index < -0.39 is 36.5 Å². The van der Waals surface area contributed by atoms with Crippen LogP contribution in [0.3, 0.4) is 0 Å². The van der Waals surface area contributed by atoms with Gasteiger partial charge < -0.3 is 34.6 Å². The van der Waals surface area contributed by atoms with Crippen LogP contribution in [0.4, 0.5) is 0 Å². The monoisotopic (exact) mass is 488 g/mol. The molecule has 0 amide bonds. The summed E-state index contributed by atoms with van der Waals surface area (Å²) in [4.78, 5) is 12.3. The number of carbonyl (C=O) groups is 1. The molecule has 0 aromatic rings. The van der Waals surface area contributed by atoms with Gasteiger partial charge in [0.25, 0.3) is 0 Å². The fourth-order valence-electron chi connectivity index (χ4n) is 3.88. The molecule has 0 aromatic carbocycles. The molecule has 8 heteroatoms. The van der Waals surface area contributed by atoms with Gasteiger partial charge in [-0.1, -0.05) is 77.6 Å². The number of hydrogen-bond acceptors (Lipinski definition) is 8. The van der Waals surface area contributed by atoms with Crippen molar-refractivity contribution in [2.75, 3.05) is 19.8 Å². The lowest BCUT2D eigenvalue weighted by Gasteiger charge is -2.23. The minimum Gasteiger partial charge on any atom is -0.484 e. The molecule has 0 aromatic heterocycles. The van der Waals surface area contributed by atoms with E-state index >= 15 is 0 Å². The SMILES string of the molecule is CCCCCCCCCCCCCCC(CO)OC1=C(OCC(C)(C)O)C(=O)O[C@@H]1[C@@H](O)CO. The summed E-state index contributed by atoms with van der Waals surface area (Å²) < 4.78 is 16.4.